The molecule has 1 aromatic heterocycles. The van der Waals surface area contributed by atoms with E-state index in [0.29, 0.717) is 12.0 Å². The predicted molar refractivity (Wildman–Crippen MR) is 67.9 cm³/mol. The first-order valence-electron chi connectivity index (χ1n) is 6.06. The van der Waals surface area contributed by atoms with Crippen LogP contribution in [0.1, 0.15) is 31.7 Å². The number of aromatic nitrogens is 1. The number of rotatable bonds is 3. The first-order valence-corrected chi connectivity index (χ1v) is 6.06. The minimum Gasteiger partial charge on any atom is -0.366 e. The fourth-order valence-corrected chi connectivity index (χ4v) is 2.15. The van der Waals surface area contributed by atoms with Crippen LogP contribution in [-0.4, -0.2) is 36.1 Å². The fourth-order valence-electron chi connectivity index (χ4n) is 2.15. The Bertz CT molecular complexity index is 349. The lowest BCUT2D eigenvalue weighted by atomic mass is 10.1. The Kier molecular flexibility index (Phi) is 3.44. The molecule has 88 valence electrons. The molecule has 1 aliphatic heterocycles. The summed E-state index contributed by atoms with van der Waals surface area (Å²) in [6, 6.07) is 4.82. The zero-order valence-corrected chi connectivity index (χ0v) is 10.4. The van der Waals surface area contributed by atoms with E-state index < -0.39 is 0 Å². The quantitative estimate of drug-likeness (QED) is 0.845. The van der Waals surface area contributed by atoms with E-state index in [1.165, 1.54) is 18.5 Å². The Morgan fingerprint density at radius 1 is 1.50 bits per heavy atom. The second-order valence-electron chi connectivity index (χ2n) is 5.02. The smallest absolute Gasteiger partial charge is 0.126 e. The topological polar surface area (TPSA) is 28.2 Å². The molecular formula is C13H21N3. The number of hydrogen-bond acceptors (Lipinski definition) is 3. The monoisotopic (exact) mass is 219 g/mol. The molecule has 1 unspecified atom stereocenters. The van der Waals surface area contributed by atoms with E-state index >= 15 is 0 Å². The lowest BCUT2D eigenvalue weighted by Crippen LogP contribution is -2.24. The largest absolute Gasteiger partial charge is 0.366 e. The van der Waals surface area contributed by atoms with Crippen LogP contribution in [0.25, 0.3) is 0 Å². The first kappa shape index (κ1) is 11.4. The van der Waals surface area contributed by atoms with E-state index in [4.69, 9.17) is 0 Å². The maximum atomic E-state index is 4.38. The second kappa shape index (κ2) is 4.83. The van der Waals surface area contributed by atoms with Crippen LogP contribution >= 0.6 is 0 Å². The minimum absolute atomic E-state index is 0.555. The molecule has 1 N–H and O–H groups in total. The van der Waals surface area contributed by atoms with Crippen molar-refractivity contribution in [2.75, 3.05) is 25.5 Å². The predicted octanol–water partition coefficient (Wildman–Crippen LogP) is 2.32. The van der Waals surface area contributed by atoms with Crippen LogP contribution in [0, 0.1) is 0 Å². The number of pyridine rings is 1. The van der Waals surface area contributed by atoms with Gasteiger partial charge in [0.1, 0.15) is 5.82 Å². The summed E-state index contributed by atoms with van der Waals surface area (Å²) in [5, 5.41) is 3.51. The van der Waals surface area contributed by atoms with Gasteiger partial charge in [-0.1, -0.05) is 13.8 Å². The summed E-state index contributed by atoms with van der Waals surface area (Å²) in [7, 11) is 2.17. The molecule has 3 nitrogen and oxygen atoms in total. The Hall–Kier alpha value is -1.09. The molecule has 3 heteroatoms. The molecule has 0 aromatic carbocycles. The Morgan fingerprint density at radius 3 is 2.94 bits per heavy atom. The van der Waals surface area contributed by atoms with Crippen molar-refractivity contribution in [2.45, 2.75) is 32.2 Å². The van der Waals surface area contributed by atoms with Gasteiger partial charge in [-0.15, -0.1) is 0 Å². The van der Waals surface area contributed by atoms with Crippen LogP contribution in [0.3, 0.4) is 0 Å². The lowest BCUT2D eigenvalue weighted by molar-refractivity contribution is 0.414. The molecule has 0 bridgehead atoms. The summed E-state index contributed by atoms with van der Waals surface area (Å²) in [5.74, 6) is 1.58. The molecule has 1 aromatic rings. The number of likely N-dealkylation sites (tertiary alicyclic amines) is 1. The number of nitrogens with zero attached hydrogens (tertiary/aromatic N) is 2. The Morgan fingerprint density at radius 2 is 2.31 bits per heavy atom. The van der Waals surface area contributed by atoms with Gasteiger partial charge in [0.25, 0.3) is 0 Å². The summed E-state index contributed by atoms with van der Waals surface area (Å²) >= 11 is 0. The van der Waals surface area contributed by atoms with Crippen molar-refractivity contribution in [3.63, 3.8) is 0 Å². The summed E-state index contributed by atoms with van der Waals surface area (Å²) < 4.78 is 0. The Labute approximate surface area is 97.9 Å². The number of hydrogen-bond donors (Lipinski definition) is 1. The van der Waals surface area contributed by atoms with Crippen molar-refractivity contribution >= 4 is 5.82 Å². The van der Waals surface area contributed by atoms with Crippen LogP contribution in [0.4, 0.5) is 5.82 Å². The Balaban J connectivity index is 2.01. The van der Waals surface area contributed by atoms with Crippen LogP contribution in [0.5, 0.6) is 0 Å². The van der Waals surface area contributed by atoms with Gasteiger partial charge in [-0.05, 0) is 43.6 Å². The maximum Gasteiger partial charge on any atom is 0.126 e. The highest BCUT2D eigenvalue weighted by atomic mass is 15.2. The highest BCUT2D eigenvalue weighted by Gasteiger charge is 2.19. The average molecular weight is 219 g/mol. The molecule has 0 radical (unpaired) electrons. The summed E-state index contributed by atoms with van der Waals surface area (Å²) in [4.78, 5) is 6.73. The van der Waals surface area contributed by atoms with Gasteiger partial charge < -0.3 is 10.2 Å². The van der Waals surface area contributed by atoms with Gasteiger partial charge in [-0.2, -0.15) is 0 Å². The number of likely N-dealkylation sites (N-methyl/N-ethyl adjacent to an activating group) is 1. The molecule has 1 atom stereocenters. The third-order valence-corrected chi connectivity index (χ3v) is 3.19. The highest BCUT2D eigenvalue weighted by Crippen LogP contribution is 2.18. The number of anilines is 1. The van der Waals surface area contributed by atoms with E-state index in [2.05, 4.69) is 48.2 Å². The lowest BCUT2D eigenvalue weighted by Gasteiger charge is -2.14. The third kappa shape index (κ3) is 2.73. The molecule has 1 saturated heterocycles. The standard InChI is InChI=1S/C13H21N3/c1-10(2)11-4-6-14-13(8-11)15-12-5-7-16(3)9-12/h4,6,8,10,12H,5,7,9H2,1-3H3,(H,14,15). The zero-order valence-electron chi connectivity index (χ0n) is 10.4. The minimum atomic E-state index is 0.555. The van der Waals surface area contributed by atoms with E-state index in [9.17, 15) is 0 Å². The van der Waals surface area contributed by atoms with E-state index in [1.54, 1.807) is 0 Å². The van der Waals surface area contributed by atoms with Gasteiger partial charge in [-0.3, -0.25) is 0 Å². The molecule has 0 saturated carbocycles. The van der Waals surface area contributed by atoms with Gasteiger partial charge >= 0.3 is 0 Å². The van der Waals surface area contributed by atoms with E-state index in [-0.39, 0.29) is 0 Å². The van der Waals surface area contributed by atoms with Crippen molar-refractivity contribution in [1.29, 1.82) is 0 Å². The molecule has 2 heterocycles. The van der Waals surface area contributed by atoms with Crippen molar-refractivity contribution in [2.24, 2.45) is 0 Å². The molecular weight excluding hydrogens is 198 g/mol. The number of nitrogens with one attached hydrogen (secondary N) is 1. The van der Waals surface area contributed by atoms with Crippen LogP contribution < -0.4 is 5.32 Å². The molecule has 16 heavy (non-hydrogen) atoms. The maximum absolute atomic E-state index is 4.38. The van der Waals surface area contributed by atoms with Gasteiger partial charge in [-0.25, -0.2) is 4.98 Å². The molecule has 2 rings (SSSR count). The van der Waals surface area contributed by atoms with Crippen molar-refractivity contribution < 1.29 is 0 Å². The van der Waals surface area contributed by atoms with Gasteiger partial charge in [0.2, 0.25) is 0 Å². The highest BCUT2D eigenvalue weighted by molar-refractivity contribution is 5.39. The van der Waals surface area contributed by atoms with Gasteiger partial charge in [0.05, 0.1) is 0 Å². The molecule has 0 aliphatic carbocycles. The van der Waals surface area contributed by atoms with Crippen molar-refractivity contribution in [3.05, 3.63) is 23.9 Å². The molecule has 0 amide bonds. The summed E-state index contributed by atoms with van der Waals surface area (Å²) in [6.07, 6.45) is 3.11. The zero-order chi connectivity index (χ0) is 11.5. The fraction of sp³-hybridized carbons (Fsp3) is 0.615. The summed E-state index contributed by atoms with van der Waals surface area (Å²) in [5.41, 5.74) is 1.35. The second-order valence-corrected chi connectivity index (χ2v) is 5.02. The molecule has 1 aliphatic rings. The van der Waals surface area contributed by atoms with Crippen molar-refractivity contribution in [3.8, 4) is 0 Å². The summed E-state index contributed by atoms with van der Waals surface area (Å²) in [6.45, 7) is 6.72. The van der Waals surface area contributed by atoms with Crippen LogP contribution in [-0.2, 0) is 0 Å². The van der Waals surface area contributed by atoms with E-state index in [0.717, 1.165) is 12.4 Å². The average Bonchev–Trinajstić information content (AvgIpc) is 2.64. The van der Waals surface area contributed by atoms with Crippen LogP contribution in [0.2, 0.25) is 0 Å². The first-order chi connectivity index (χ1) is 7.65. The SMILES string of the molecule is CC(C)c1ccnc(NC2CCN(C)C2)c1. The molecule has 0 spiro atoms. The normalized spacial score (nSPS) is 21.6. The van der Waals surface area contributed by atoms with Gasteiger partial charge in [0, 0.05) is 18.8 Å². The van der Waals surface area contributed by atoms with Crippen LogP contribution in [0.15, 0.2) is 18.3 Å². The molecule has 1 fully saturated rings. The van der Waals surface area contributed by atoms with E-state index in [1.807, 2.05) is 6.20 Å². The van der Waals surface area contributed by atoms with Crippen molar-refractivity contribution in [1.82, 2.24) is 9.88 Å². The van der Waals surface area contributed by atoms with Gasteiger partial charge in [0.15, 0.2) is 0 Å². The third-order valence-electron chi connectivity index (χ3n) is 3.19.